The fourth-order valence-corrected chi connectivity index (χ4v) is 3.71. The second kappa shape index (κ2) is 5.12. The molecule has 6 nitrogen and oxygen atoms in total. The molecule has 1 N–H and O–H groups in total. The van der Waals surface area contributed by atoms with Gasteiger partial charge in [0.1, 0.15) is 16.4 Å². The van der Waals surface area contributed by atoms with Crippen LogP contribution in [0.4, 0.5) is 5.82 Å². The maximum atomic E-state index is 12.5. The third kappa shape index (κ3) is 2.52. The van der Waals surface area contributed by atoms with E-state index in [1.807, 2.05) is 0 Å². The van der Waals surface area contributed by atoms with E-state index in [1.165, 1.54) is 6.33 Å². The largest absolute Gasteiger partial charge is 0.263 e. The number of sulfonamides is 1. The fourth-order valence-electron chi connectivity index (χ4n) is 2.02. The highest BCUT2D eigenvalue weighted by atomic mass is 79.9. The lowest BCUT2D eigenvalue weighted by Crippen LogP contribution is -2.16. The molecule has 0 aliphatic heterocycles. The molecule has 0 radical (unpaired) electrons. The molecular weight excluding hydrogens is 356 g/mol. The van der Waals surface area contributed by atoms with Crippen LogP contribution in [-0.4, -0.2) is 23.0 Å². The van der Waals surface area contributed by atoms with Gasteiger partial charge in [-0.3, -0.25) is 4.72 Å². The van der Waals surface area contributed by atoms with E-state index in [1.54, 1.807) is 47.8 Å². The second-order valence-corrected chi connectivity index (χ2v) is 6.90. The van der Waals surface area contributed by atoms with Crippen molar-refractivity contribution in [3.8, 4) is 0 Å². The monoisotopic (exact) mass is 366 g/mol. The Labute approximate surface area is 130 Å². The lowest BCUT2D eigenvalue weighted by Gasteiger charge is -2.10. The van der Waals surface area contributed by atoms with Gasteiger partial charge in [0.25, 0.3) is 10.0 Å². The molecule has 0 saturated carbocycles. The molecule has 0 amide bonds. The van der Waals surface area contributed by atoms with Gasteiger partial charge in [0.15, 0.2) is 5.82 Å². The van der Waals surface area contributed by atoms with Crippen LogP contribution in [0.15, 0.2) is 52.2 Å². The van der Waals surface area contributed by atoms with Gasteiger partial charge in [0.2, 0.25) is 0 Å². The molecule has 0 aliphatic carbocycles. The van der Waals surface area contributed by atoms with Gasteiger partial charge in [-0.15, -0.1) is 0 Å². The molecule has 108 valence electrons. The van der Waals surface area contributed by atoms with Gasteiger partial charge in [0.05, 0.1) is 4.90 Å². The molecule has 0 fully saturated rings. The highest BCUT2D eigenvalue weighted by molar-refractivity contribution is 9.10. The van der Waals surface area contributed by atoms with Crippen molar-refractivity contribution < 1.29 is 8.42 Å². The lowest BCUT2D eigenvalue weighted by molar-refractivity contribution is 0.600. The average Bonchev–Trinajstić information content (AvgIpc) is 2.82. The third-order valence-electron chi connectivity index (χ3n) is 3.02. The van der Waals surface area contributed by atoms with Gasteiger partial charge in [0, 0.05) is 0 Å². The molecule has 3 aromatic rings. The number of hydrogen-bond donors (Lipinski definition) is 1. The molecule has 8 heteroatoms. The zero-order chi connectivity index (χ0) is 15.0. The van der Waals surface area contributed by atoms with Gasteiger partial charge in [-0.2, -0.15) is 5.10 Å². The third-order valence-corrected chi connectivity index (χ3v) is 5.12. The summed E-state index contributed by atoms with van der Waals surface area (Å²) in [5.74, 6) is 0.235. The Bertz CT molecular complexity index is 921. The van der Waals surface area contributed by atoms with Crippen molar-refractivity contribution in [1.82, 2.24) is 14.6 Å². The molecule has 0 bridgehead atoms. The Morgan fingerprint density at radius 1 is 1.19 bits per heavy atom. The second-order valence-electron chi connectivity index (χ2n) is 4.43. The van der Waals surface area contributed by atoms with Gasteiger partial charge in [-0.05, 0) is 46.6 Å². The normalized spacial score (nSPS) is 11.7. The van der Waals surface area contributed by atoms with Crippen molar-refractivity contribution in [2.24, 2.45) is 0 Å². The topological polar surface area (TPSA) is 76.4 Å². The number of aryl methyl sites for hydroxylation is 1. The van der Waals surface area contributed by atoms with Crippen LogP contribution in [-0.2, 0) is 10.0 Å². The van der Waals surface area contributed by atoms with Crippen LogP contribution in [0, 0.1) is 6.92 Å². The minimum absolute atomic E-state index is 0.229. The van der Waals surface area contributed by atoms with Crippen molar-refractivity contribution in [2.45, 2.75) is 11.8 Å². The Hall–Kier alpha value is -1.93. The van der Waals surface area contributed by atoms with Crippen LogP contribution in [0.3, 0.4) is 0 Å². The molecule has 0 unspecified atom stereocenters. The zero-order valence-corrected chi connectivity index (χ0v) is 13.4. The Balaban J connectivity index is 2.08. The molecule has 2 aromatic heterocycles. The van der Waals surface area contributed by atoms with Crippen LogP contribution in [0.25, 0.3) is 5.52 Å². The first-order valence-electron chi connectivity index (χ1n) is 6.06. The van der Waals surface area contributed by atoms with Crippen molar-refractivity contribution >= 4 is 37.3 Å². The number of nitrogens with zero attached hydrogens (tertiary/aromatic N) is 3. The van der Waals surface area contributed by atoms with Crippen molar-refractivity contribution in [3.63, 3.8) is 0 Å². The maximum absolute atomic E-state index is 12.5. The van der Waals surface area contributed by atoms with E-state index in [0.29, 0.717) is 11.1 Å². The molecule has 1 aromatic carbocycles. The summed E-state index contributed by atoms with van der Waals surface area (Å²) in [5, 5.41) is 4.05. The van der Waals surface area contributed by atoms with Gasteiger partial charge in [-0.1, -0.05) is 18.2 Å². The first kappa shape index (κ1) is 14.0. The van der Waals surface area contributed by atoms with E-state index in [2.05, 4.69) is 30.7 Å². The van der Waals surface area contributed by atoms with E-state index in [9.17, 15) is 8.42 Å². The summed E-state index contributed by atoms with van der Waals surface area (Å²) in [4.78, 5) is 4.25. The van der Waals surface area contributed by atoms with E-state index in [0.717, 1.165) is 4.60 Å². The summed E-state index contributed by atoms with van der Waals surface area (Å²) in [6.07, 6.45) is 1.30. The van der Waals surface area contributed by atoms with Crippen LogP contribution < -0.4 is 4.72 Å². The first-order chi connectivity index (χ1) is 9.99. The molecule has 2 heterocycles. The fraction of sp³-hybridized carbons (Fsp3) is 0.0769. The number of rotatable bonds is 3. The summed E-state index contributed by atoms with van der Waals surface area (Å²) in [5.41, 5.74) is 1.24. The molecule has 3 rings (SSSR count). The number of fused-ring (bicyclic) bond motifs is 1. The lowest BCUT2D eigenvalue weighted by atomic mass is 10.2. The summed E-state index contributed by atoms with van der Waals surface area (Å²) in [7, 11) is -3.70. The van der Waals surface area contributed by atoms with E-state index in [4.69, 9.17) is 0 Å². The van der Waals surface area contributed by atoms with Crippen LogP contribution in [0.2, 0.25) is 0 Å². The van der Waals surface area contributed by atoms with Crippen molar-refractivity contribution in [2.75, 3.05) is 4.72 Å². The zero-order valence-electron chi connectivity index (χ0n) is 11.0. The van der Waals surface area contributed by atoms with Gasteiger partial charge >= 0.3 is 0 Å². The molecule has 0 atom stereocenters. The molecular formula is C13H11BrN4O2S. The summed E-state index contributed by atoms with van der Waals surface area (Å²) in [6.45, 7) is 1.75. The highest BCUT2D eigenvalue weighted by Gasteiger charge is 2.19. The number of nitrogens with one attached hydrogen (secondary N) is 1. The van der Waals surface area contributed by atoms with Crippen molar-refractivity contribution in [1.29, 1.82) is 0 Å². The maximum Gasteiger partial charge on any atom is 0.263 e. The number of hydrogen-bond acceptors (Lipinski definition) is 4. The van der Waals surface area contributed by atoms with E-state index >= 15 is 0 Å². The quantitative estimate of drug-likeness (QED) is 0.772. The Morgan fingerprint density at radius 2 is 1.95 bits per heavy atom. The van der Waals surface area contributed by atoms with Crippen LogP contribution in [0.1, 0.15) is 5.56 Å². The Morgan fingerprint density at radius 3 is 2.71 bits per heavy atom. The van der Waals surface area contributed by atoms with Crippen LogP contribution in [0.5, 0.6) is 0 Å². The average molecular weight is 367 g/mol. The van der Waals surface area contributed by atoms with Gasteiger partial charge in [-0.25, -0.2) is 17.9 Å². The number of halogens is 1. The summed E-state index contributed by atoms with van der Waals surface area (Å²) >= 11 is 3.33. The van der Waals surface area contributed by atoms with Gasteiger partial charge < -0.3 is 0 Å². The van der Waals surface area contributed by atoms with E-state index in [-0.39, 0.29) is 10.7 Å². The smallest absolute Gasteiger partial charge is 0.261 e. The van der Waals surface area contributed by atoms with Crippen LogP contribution >= 0.6 is 15.9 Å². The molecule has 21 heavy (non-hydrogen) atoms. The minimum Gasteiger partial charge on any atom is -0.261 e. The van der Waals surface area contributed by atoms with E-state index < -0.39 is 10.0 Å². The molecule has 0 spiro atoms. The molecule has 0 aliphatic rings. The molecule has 0 saturated heterocycles. The summed E-state index contributed by atoms with van der Waals surface area (Å²) < 4.78 is 29.7. The number of anilines is 1. The predicted molar refractivity (Wildman–Crippen MR) is 82.7 cm³/mol. The number of aromatic nitrogens is 3. The summed E-state index contributed by atoms with van der Waals surface area (Å²) in [6, 6.07) is 10.3. The minimum atomic E-state index is -3.70. The van der Waals surface area contributed by atoms with Crippen molar-refractivity contribution in [3.05, 3.63) is 52.9 Å². The Kier molecular flexibility index (Phi) is 3.42. The number of benzene rings is 1. The first-order valence-corrected chi connectivity index (χ1v) is 8.33. The SMILES string of the molecule is Cc1ccccc1S(=O)(=O)Nc1ncnn2c(Br)ccc12. The predicted octanol–water partition coefficient (Wildman–Crippen LogP) is 2.60. The highest BCUT2D eigenvalue weighted by Crippen LogP contribution is 2.23. The standard InChI is InChI=1S/C13H11BrN4O2S/c1-9-4-2-3-5-11(9)21(19,20)17-13-10-6-7-12(14)18(10)16-8-15-13/h2-8H,1H3,(H,15,16,17).